The molecule has 3 aliphatic heterocycles. The molecule has 3 atom stereocenters. The maximum Gasteiger partial charge on any atom is 0.312 e. The van der Waals surface area contributed by atoms with Crippen molar-refractivity contribution in [2.24, 2.45) is 0 Å². The van der Waals surface area contributed by atoms with E-state index in [0.29, 0.717) is 19.8 Å². The van der Waals surface area contributed by atoms with Crippen molar-refractivity contribution in [3.63, 3.8) is 0 Å². The van der Waals surface area contributed by atoms with Gasteiger partial charge >= 0.3 is 11.8 Å². The number of hydrogen-bond donors (Lipinski definition) is 1. The van der Waals surface area contributed by atoms with E-state index in [4.69, 9.17) is 4.74 Å². The number of rotatable bonds is 3. The maximum atomic E-state index is 12.5. The number of benzene rings is 1. The highest BCUT2D eigenvalue weighted by Crippen LogP contribution is 2.26. The Morgan fingerprint density at radius 1 is 1.04 bits per heavy atom. The molecule has 2 amide bonds. The fourth-order valence-corrected chi connectivity index (χ4v) is 4.12. The van der Waals surface area contributed by atoms with Gasteiger partial charge in [0.25, 0.3) is 0 Å². The molecule has 2 unspecified atom stereocenters. The molecule has 24 heavy (non-hydrogen) atoms. The minimum atomic E-state index is -0.488. The van der Waals surface area contributed by atoms with E-state index >= 15 is 0 Å². The van der Waals surface area contributed by atoms with Crippen molar-refractivity contribution < 1.29 is 14.3 Å². The summed E-state index contributed by atoms with van der Waals surface area (Å²) < 4.78 is 5.83. The molecule has 0 aliphatic carbocycles. The second-order valence-corrected chi connectivity index (χ2v) is 6.83. The van der Waals surface area contributed by atoms with Gasteiger partial charge < -0.3 is 15.0 Å². The van der Waals surface area contributed by atoms with Crippen LogP contribution >= 0.6 is 0 Å². The van der Waals surface area contributed by atoms with E-state index in [-0.39, 0.29) is 18.1 Å². The van der Waals surface area contributed by atoms with Crippen LogP contribution in [0.4, 0.5) is 0 Å². The second kappa shape index (κ2) is 6.53. The Morgan fingerprint density at radius 3 is 2.50 bits per heavy atom. The molecule has 3 aliphatic rings. The molecule has 4 rings (SSSR count). The monoisotopic (exact) mass is 329 g/mol. The van der Waals surface area contributed by atoms with E-state index < -0.39 is 11.8 Å². The third-order valence-electron chi connectivity index (χ3n) is 5.36. The number of amides is 2. The summed E-state index contributed by atoms with van der Waals surface area (Å²) in [5.41, 5.74) is 1.03. The largest absolute Gasteiger partial charge is 0.378 e. The minimum absolute atomic E-state index is 0.0502. The van der Waals surface area contributed by atoms with Gasteiger partial charge in [0.15, 0.2) is 0 Å². The third kappa shape index (κ3) is 2.80. The number of hydrogen-bond acceptors (Lipinski definition) is 4. The second-order valence-electron chi connectivity index (χ2n) is 6.83. The lowest BCUT2D eigenvalue weighted by atomic mass is 9.92. The van der Waals surface area contributed by atoms with E-state index in [2.05, 4.69) is 10.2 Å². The smallest absolute Gasteiger partial charge is 0.312 e. The Balaban J connectivity index is 1.58. The molecule has 0 aromatic heterocycles. The highest BCUT2D eigenvalue weighted by molar-refractivity contribution is 6.35. The van der Waals surface area contributed by atoms with Crippen molar-refractivity contribution in [1.82, 2.24) is 15.1 Å². The lowest BCUT2D eigenvalue weighted by Crippen LogP contribution is -2.72. The molecular formula is C18H23N3O3. The van der Waals surface area contributed by atoms with Crippen molar-refractivity contribution in [3.8, 4) is 0 Å². The number of nitrogens with one attached hydrogen (secondary N) is 1. The molecule has 3 fully saturated rings. The highest BCUT2D eigenvalue weighted by atomic mass is 16.5. The van der Waals surface area contributed by atoms with E-state index in [1.165, 1.54) is 12.8 Å². The van der Waals surface area contributed by atoms with Crippen molar-refractivity contribution in [2.75, 3.05) is 26.3 Å². The molecule has 6 nitrogen and oxygen atoms in total. The van der Waals surface area contributed by atoms with Gasteiger partial charge in [0.2, 0.25) is 0 Å². The summed E-state index contributed by atoms with van der Waals surface area (Å²) in [6.07, 6.45) is 2.38. The summed E-state index contributed by atoms with van der Waals surface area (Å²) in [5, 5.41) is 2.96. The number of piperazine rings is 1. The van der Waals surface area contributed by atoms with Crippen LogP contribution < -0.4 is 5.32 Å². The molecule has 3 saturated heterocycles. The zero-order valence-corrected chi connectivity index (χ0v) is 13.7. The molecule has 0 saturated carbocycles. The van der Waals surface area contributed by atoms with E-state index in [1.807, 2.05) is 30.3 Å². The summed E-state index contributed by atoms with van der Waals surface area (Å²) >= 11 is 0. The topological polar surface area (TPSA) is 61.9 Å². The number of nitrogens with zero attached hydrogens (tertiary/aromatic N) is 2. The minimum Gasteiger partial charge on any atom is -0.378 e. The van der Waals surface area contributed by atoms with Gasteiger partial charge in [-0.05, 0) is 31.5 Å². The summed E-state index contributed by atoms with van der Waals surface area (Å²) in [6.45, 7) is 3.63. The molecule has 1 aromatic carbocycles. The fourth-order valence-electron chi connectivity index (χ4n) is 4.12. The predicted molar refractivity (Wildman–Crippen MR) is 88.1 cm³/mol. The van der Waals surface area contributed by atoms with Gasteiger partial charge in [-0.1, -0.05) is 30.3 Å². The standard InChI is InChI=1S/C18H23N3O3/c22-17-18(23)21(10-13-6-2-1-3-7-13)15-12-24-11-14(16(15)19-17)20-8-4-5-9-20/h1-3,6-7,14-16H,4-5,8-12H2,(H,19,22)/t14?,15?,16-/m1/s1. The highest BCUT2D eigenvalue weighted by Gasteiger charge is 2.48. The lowest BCUT2D eigenvalue weighted by Gasteiger charge is -2.49. The Hall–Kier alpha value is -1.92. The Labute approximate surface area is 141 Å². The van der Waals surface area contributed by atoms with Crippen LogP contribution in [0.25, 0.3) is 0 Å². The first-order valence-electron chi connectivity index (χ1n) is 8.71. The zero-order valence-electron chi connectivity index (χ0n) is 13.7. The predicted octanol–water partition coefficient (Wildman–Crippen LogP) is 0.377. The van der Waals surface area contributed by atoms with Crippen LogP contribution in [-0.4, -0.2) is 66.0 Å². The van der Waals surface area contributed by atoms with Gasteiger partial charge in [0, 0.05) is 6.54 Å². The number of carbonyl (C=O) groups excluding carboxylic acids is 2. The summed E-state index contributed by atoms with van der Waals surface area (Å²) in [6, 6.07) is 9.82. The van der Waals surface area contributed by atoms with Crippen LogP contribution in [0.3, 0.4) is 0 Å². The summed E-state index contributed by atoms with van der Waals surface area (Å²) in [4.78, 5) is 28.8. The van der Waals surface area contributed by atoms with Crippen LogP contribution in [0.1, 0.15) is 18.4 Å². The Kier molecular flexibility index (Phi) is 4.24. The third-order valence-corrected chi connectivity index (χ3v) is 5.36. The van der Waals surface area contributed by atoms with Crippen molar-refractivity contribution in [2.45, 2.75) is 37.5 Å². The average Bonchev–Trinajstić information content (AvgIpc) is 3.14. The quantitative estimate of drug-likeness (QED) is 0.815. The molecule has 1 aromatic rings. The molecule has 128 valence electrons. The maximum absolute atomic E-state index is 12.5. The number of ether oxygens (including phenoxy) is 1. The van der Waals surface area contributed by atoms with Crippen LogP contribution in [0.2, 0.25) is 0 Å². The SMILES string of the molecule is O=C1N[C@@H]2C(N3CCCC3)COCC2N(Cc2ccccc2)C1=O. The van der Waals surface area contributed by atoms with E-state index in [1.54, 1.807) is 4.90 Å². The van der Waals surface area contributed by atoms with Gasteiger partial charge in [0.1, 0.15) is 0 Å². The molecule has 0 radical (unpaired) electrons. The summed E-state index contributed by atoms with van der Waals surface area (Å²) in [5.74, 6) is -0.941. The number of fused-ring (bicyclic) bond motifs is 1. The molecule has 1 N–H and O–H groups in total. The normalized spacial score (nSPS) is 31.0. The summed E-state index contributed by atoms with van der Waals surface area (Å²) in [7, 11) is 0. The Morgan fingerprint density at radius 2 is 1.75 bits per heavy atom. The first kappa shape index (κ1) is 15.6. The van der Waals surface area contributed by atoms with Gasteiger partial charge in [0.05, 0.1) is 31.3 Å². The Bertz CT molecular complexity index is 615. The van der Waals surface area contributed by atoms with Gasteiger partial charge in [-0.25, -0.2) is 0 Å². The lowest BCUT2D eigenvalue weighted by molar-refractivity contribution is -0.160. The first-order valence-corrected chi connectivity index (χ1v) is 8.71. The molecule has 3 heterocycles. The van der Waals surface area contributed by atoms with Crippen LogP contribution in [0.5, 0.6) is 0 Å². The van der Waals surface area contributed by atoms with Crippen molar-refractivity contribution in [1.29, 1.82) is 0 Å². The van der Waals surface area contributed by atoms with Crippen molar-refractivity contribution >= 4 is 11.8 Å². The van der Waals surface area contributed by atoms with Gasteiger partial charge in [-0.2, -0.15) is 0 Å². The van der Waals surface area contributed by atoms with E-state index in [0.717, 1.165) is 18.7 Å². The average molecular weight is 329 g/mol. The molecular weight excluding hydrogens is 306 g/mol. The zero-order chi connectivity index (χ0) is 16.5. The van der Waals surface area contributed by atoms with Gasteiger partial charge in [-0.3, -0.25) is 14.5 Å². The van der Waals surface area contributed by atoms with Gasteiger partial charge in [-0.15, -0.1) is 0 Å². The van der Waals surface area contributed by atoms with E-state index in [9.17, 15) is 9.59 Å². The number of likely N-dealkylation sites (tertiary alicyclic amines) is 1. The fraction of sp³-hybridized carbons (Fsp3) is 0.556. The molecule has 0 bridgehead atoms. The first-order chi connectivity index (χ1) is 11.7. The number of carbonyl (C=O) groups is 2. The van der Waals surface area contributed by atoms with Crippen LogP contribution in [0, 0.1) is 0 Å². The van der Waals surface area contributed by atoms with Crippen LogP contribution in [-0.2, 0) is 20.9 Å². The van der Waals surface area contributed by atoms with Crippen molar-refractivity contribution in [3.05, 3.63) is 35.9 Å². The van der Waals surface area contributed by atoms with Crippen LogP contribution in [0.15, 0.2) is 30.3 Å². The molecule has 0 spiro atoms. The molecule has 6 heteroatoms.